The maximum atomic E-state index is 12.7. The van der Waals surface area contributed by atoms with Gasteiger partial charge in [0.05, 0.1) is 16.3 Å². The van der Waals surface area contributed by atoms with Crippen molar-refractivity contribution in [3.63, 3.8) is 0 Å². The third kappa shape index (κ3) is 3.85. The smallest absolute Gasteiger partial charge is 0.416 e. The van der Waals surface area contributed by atoms with Crippen molar-refractivity contribution in [2.75, 3.05) is 5.32 Å². The second-order valence-corrected chi connectivity index (χ2v) is 5.25. The van der Waals surface area contributed by atoms with Crippen LogP contribution in [0, 0.1) is 0 Å². The van der Waals surface area contributed by atoms with E-state index in [1.807, 2.05) is 0 Å². The number of carboxylic acid groups (broad SMARTS) is 1. The first-order valence-electron chi connectivity index (χ1n) is 6.55. The van der Waals surface area contributed by atoms with Crippen LogP contribution in [0.5, 0.6) is 0 Å². The van der Waals surface area contributed by atoms with E-state index < -0.39 is 29.7 Å². The van der Waals surface area contributed by atoms with E-state index in [0.717, 1.165) is 22.9 Å². The largest absolute Gasteiger partial charge is 0.476 e. The SMILES string of the molecule is CC(C(=O)Nc1cc(C(F)(F)F)ccc1Cl)n1ccc(C(=O)O)n1. The number of benzene rings is 1. The second-order valence-electron chi connectivity index (χ2n) is 4.84. The average Bonchev–Trinajstić information content (AvgIpc) is 2.97. The number of rotatable bonds is 4. The van der Waals surface area contributed by atoms with Crippen LogP contribution in [0.3, 0.4) is 0 Å². The summed E-state index contributed by atoms with van der Waals surface area (Å²) in [5.41, 5.74) is -1.41. The summed E-state index contributed by atoms with van der Waals surface area (Å²) in [6, 6.07) is 2.79. The maximum absolute atomic E-state index is 12.7. The lowest BCUT2D eigenvalue weighted by atomic mass is 10.2. The molecule has 1 amide bonds. The Kier molecular flexibility index (Phi) is 4.83. The summed E-state index contributed by atoms with van der Waals surface area (Å²) in [6.07, 6.45) is -3.30. The van der Waals surface area contributed by atoms with Gasteiger partial charge in [0, 0.05) is 6.20 Å². The van der Waals surface area contributed by atoms with Gasteiger partial charge in [0.25, 0.3) is 0 Å². The summed E-state index contributed by atoms with van der Waals surface area (Å²) >= 11 is 5.80. The minimum absolute atomic E-state index is 0.0600. The zero-order valence-electron chi connectivity index (χ0n) is 12.1. The lowest BCUT2D eigenvalue weighted by Crippen LogP contribution is -2.24. The number of amides is 1. The predicted octanol–water partition coefficient (Wildman–Crippen LogP) is 3.45. The monoisotopic (exact) mass is 361 g/mol. The average molecular weight is 362 g/mol. The zero-order valence-corrected chi connectivity index (χ0v) is 12.9. The molecule has 0 aliphatic rings. The number of carboxylic acids is 1. The van der Waals surface area contributed by atoms with Gasteiger partial charge < -0.3 is 10.4 Å². The normalized spacial score (nSPS) is 12.7. The maximum Gasteiger partial charge on any atom is 0.416 e. The van der Waals surface area contributed by atoms with Gasteiger partial charge in [0.15, 0.2) is 5.69 Å². The minimum Gasteiger partial charge on any atom is -0.476 e. The highest BCUT2D eigenvalue weighted by molar-refractivity contribution is 6.33. The summed E-state index contributed by atoms with van der Waals surface area (Å²) in [5.74, 6) is -1.96. The first-order valence-corrected chi connectivity index (χ1v) is 6.93. The zero-order chi connectivity index (χ0) is 18.1. The third-order valence-corrected chi connectivity index (χ3v) is 3.48. The Bertz CT molecular complexity index is 789. The van der Waals surface area contributed by atoms with Crippen LogP contribution < -0.4 is 5.32 Å². The molecule has 1 heterocycles. The highest BCUT2D eigenvalue weighted by Gasteiger charge is 2.31. The molecule has 2 aromatic rings. The van der Waals surface area contributed by atoms with Crippen LogP contribution in [0.4, 0.5) is 18.9 Å². The van der Waals surface area contributed by atoms with E-state index in [1.165, 1.54) is 19.2 Å². The first-order chi connectivity index (χ1) is 11.1. The van der Waals surface area contributed by atoms with Crippen LogP contribution in [0.1, 0.15) is 29.0 Å². The highest BCUT2D eigenvalue weighted by Crippen LogP contribution is 2.34. The van der Waals surface area contributed by atoms with E-state index in [4.69, 9.17) is 16.7 Å². The quantitative estimate of drug-likeness (QED) is 0.873. The second kappa shape index (κ2) is 6.52. The number of halogens is 4. The molecule has 0 saturated carbocycles. The van der Waals surface area contributed by atoms with Crippen molar-refractivity contribution in [3.8, 4) is 0 Å². The van der Waals surface area contributed by atoms with E-state index in [-0.39, 0.29) is 16.4 Å². The van der Waals surface area contributed by atoms with E-state index in [2.05, 4.69) is 10.4 Å². The Morgan fingerprint density at radius 1 is 1.33 bits per heavy atom. The summed E-state index contributed by atoms with van der Waals surface area (Å²) in [4.78, 5) is 22.9. The van der Waals surface area contributed by atoms with Crippen LogP contribution in [-0.2, 0) is 11.0 Å². The molecule has 10 heteroatoms. The first kappa shape index (κ1) is 17.8. The molecule has 0 aliphatic heterocycles. The molecule has 1 unspecified atom stereocenters. The van der Waals surface area contributed by atoms with Gasteiger partial charge in [-0.3, -0.25) is 9.48 Å². The molecular weight excluding hydrogens is 351 g/mol. The van der Waals surface area contributed by atoms with Gasteiger partial charge in [-0.05, 0) is 31.2 Å². The van der Waals surface area contributed by atoms with Gasteiger partial charge in [-0.1, -0.05) is 11.6 Å². The lowest BCUT2D eigenvalue weighted by Gasteiger charge is -2.15. The van der Waals surface area contributed by atoms with Gasteiger partial charge >= 0.3 is 12.1 Å². The summed E-state index contributed by atoms with van der Waals surface area (Å²) in [6.45, 7) is 1.41. The Morgan fingerprint density at radius 2 is 2.00 bits per heavy atom. The lowest BCUT2D eigenvalue weighted by molar-refractivity contribution is -0.137. The molecule has 0 spiro atoms. The van der Waals surface area contributed by atoms with Crippen LogP contribution in [0.2, 0.25) is 5.02 Å². The van der Waals surface area contributed by atoms with Crippen molar-refractivity contribution in [3.05, 3.63) is 46.7 Å². The summed E-state index contributed by atoms with van der Waals surface area (Å²) in [5, 5.41) is 14.7. The number of aromatic carboxylic acids is 1. The molecule has 6 nitrogen and oxygen atoms in total. The number of hydrogen-bond acceptors (Lipinski definition) is 3. The van der Waals surface area contributed by atoms with Crippen LogP contribution in [0.25, 0.3) is 0 Å². The third-order valence-electron chi connectivity index (χ3n) is 3.16. The van der Waals surface area contributed by atoms with Crippen LogP contribution in [0.15, 0.2) is 30.5 Å². The fraction of sp³-hybridized carbons (Fsp3) is 0.214. The van der Waals surface area contributed by atoms with Crippen molar-refractivity contribution < 1.29 is 27.9 Å². The number of hydrogen-bond donors (Lipinski definition) is 2. The number of alkyl halides is 3. The van der Waals surface area contributed by atoms with Crippen molar-refractivity contribution in [1.82, 2.24) is 9.78 Å². The molecule has 128 valence electrons. The van der Waals surface area contributed by atoms with E-state index >= 15 is 0 Å². The topological polar surface area (TPSA) is 84.2 Å². The van der Waals surface area contributed by atoms with Gasteiger partial charge in [-0.15, -0.1) is 0 Å². The molecular formula is C14H11ClF3N3O3. The molecule has 0 saturated heterocycles. The molecule has 24 heavy (non-hydrogen) atoms. The highest BCUT2D eigenvalue weighted by atomic mass is 35.5. The molecule has 1 aromatic heterocycles. The van der Waals surface area contributed by atoms with Gasteiger partial charge in [-0.2, -0.15) is 18.3 Å². The molecule has 0 bridgehead atoms. The van der Waals surface area contributed by atoms with Crippen LogP contribution in [-0.4, -0.2) is 26.8 Å². The van der Waals surface area contributed by atoms with Gasteiger partial charge in [-0.25, -0.2) is 4.79 Å². The standard InChI is InChI=1S/C14H11ClF3N3O3/c1-7(21-5-4-10(20-21)13(23)24)12(22)19-11-6-8(14(16,17)18)2-3-9(11)15/h2-7H,1H3,(H,19,22)(H,23,24). The summed E-state index contributed by atoms with van der Waals surface area (Å²) < 4.78 is 39.2. The van der Waals surface area contributed by atoms with Crippen molar-refractivity contribution in [1.29, 1.82) is 0 Å². The van der Waals surface area contributed by atoms with Crippen molar-refractivity contribution in [2.24, 2.45) is 0 Å². The molecule has 0 aliphatic carbocycles. The Balaban J connectivity index is 2.20. The number of carbonyl (C=O) groups excluding carboxylic acids is 1. The molecule has 1 atom stereocenters. The van der Waals surface area contributed by atoms with Gasteiger partial charge in [0.2, 0.25) is 5.91 Å². The van der Waals surface area contributed by atoms with Crippen LogP contribution >= 0.6 is 11.6 Å². The van der Waals surface area contributed by atoms with Crippen molar-refractivity contribution in [2.45, 2.75) is 19.1 Å². The summed E-state index contributed by atoms with van der Waals surface area (Å²) in [7, 11) is 0. The van der Waals surface area contributed by atoms with E-state index in [1.54, 1.807) is 0 Å². The number of carbonyl (C=O) groups is 2. The molecule has 0 radical (unpaired) electrons. The van der Waals surface area contributed by atoms with Gasteiger partial charge in [0.1, 0.15) is 6.04 Å². The van der Waals surface area contributed by atoms with E-state index in [9.17, 15) is 22.8 Å². The fourth-order valence-electron chi connectivity index (χ4n) is 1.82. The fourth-order valence-corrected chi connectivity index (χ4v) is 1.99. The number of anilines is 1. The number of aromatic nitrogens is 2. The van der Waals surface area contributed by atoms with E-state index in [0.29, 0.717) is 0 Å². The Hall–Kier alpha value is -2.55. The molecule has 2 rings (SSSR count). The van der Waals surface area contributed by atoms with Crippen molar-refractivity contribution >= 4 is 29.2 Å². The Morgan fingerprint density at radius 3 is 2.54 bits per heavy atom. The number of nitrogens with one attached hydrogen (secondary N) is 1. The number of nitrogens with zero attached hydrogens (tertiary/aromatic N) is 2. The Labute approximate surface area is 138 Å². The predicted molar refractivity (Wildman–Crippen MR) is 79.0 cm³/mol. The minimum atomic E-state index is -4.58. The molecule has 1 aromatic carbocycles. The molecule has 0 fully saturated rings. The molecule has 2 N–H and O–H groups in total.